The average Bonchev–Trinajstić information content (AvgIpc) is 3.90. The molecule has 11 heteroatoms. The van der Waals surface area contributed by atoms with Crippen molar-refractivity contribution in [3.8, 4) is 0 Å². The molecule has 0 saturated heterocycles. The largest absolute Gasteiger partial charge is 0.383 e. The van der Waals surface area contributed by atoms with Gasteiger partial charge in [-0.1, -0.05) is 117 Å². The summed E-state index contributed by atoms with van der Waals surface area (Å²) in [6.07, 6.45) is 12.0. The average molecular weight is 756 g/mol. The van der Waals surface area contributed by atoms with Crippen LogP contribution in [0.1, 0.15) is 67.3 Å². The molecule has 6 aromatic rings. The van der Waals surface area contributed by atoms with Crippen molar-refractivity contribution in [2.45, 2.75) is 76.0 Å². The lowest BCUT2D eigenvalue weighted by atomic mass is 9.82. The predicted octanol–water partition coefficient (Wildman–Crippen LogP) is 7.68. The van der Waals surface area contributed by atoms with Crippen LogP contribution < -0.4 is 5.73 Å². The summed E-state index contributed by atoms with van der Waals surface area (Å²) in [6.45, 7) is 0. The summed E-state index contributed by atoms with van der Waals surface area (Å²) >= 11 is 0. The number of aliphatic hydroxyl groups is 1. The second-order valence-electron chi connectivity index (χ2n) is 14.0. The van der Waals surface area contributed by atoms with E-state index in [2.05, 4.69) is 68.5 Å². The summed E-state index contributed by atoms with van der Waals surface area (Å²) < 4.78 is 0. The molecule has 3 atom stereocenters. The number of fused-ring (bicyclic) bond motifs is 2. The zero-order valence-electron chi connectivity index (χ0n) is 29.6. The number of rotatable bonds is 13. The van der Waals surface area contributed by atoms with Crippen LogP contribution in [0.3, 0.4) is 0 Å². The van der Waals surface area contributed by atoms with E-state index in [9.17, 15) is 9.90 Å². The van der Waals surface area contributed by atoms with Crippen LogP contribution in [0, 0.1) is 11.8 Å². The number of halogens is 2. The molecular formula is C42H48Cl2N6O3. The van der Waals surface area contributed by atoms with Gasteiger partial charge < -0.3 is 20.8 Å². The number of amides is 2. The normalized spacial score (nSPS) is 15.0. The fraction of sp³-hybridized carbons (Fsp3) is 0.333. The molecule has 2 aromatic heterocycles. The van der Waals surface area contributed by atoms with E-state index in [0.29, 0.717) is 30.8 Å². The van der Waals surface area contributed by atoms with Crippen molar-refractivity contribution in [1.29, 1.82) is 0 Å². The lowest BCUT2D eigenvalue weighted by molar-refractivity contribution is -0.155. The highest BCUT2D eigenvalue weighted by molar-refractivity contribution is 6.00. The van der Waals surface area contributed by atoms with Crippen LogP contribution in [-0.2, 0) is 28.9 Å². The maximum atomic E-state index is 15.5. The molecular weight excluding hydrogens is 707 g/mol. The first-order valence-electron chi connectivity index (χ1n) is 18.2. The van der Waals surface area contributed by atoms with E-state index in [0.717, 1.165) is 64.8 Å². The van der Waals surface area contributed by atoms with Gasteiger partial charge in [-0.3, -0.25) is 14.5 Å². The number of aromatic nitrogens is 4. The minimum Gasteiger partial charge on any atom is -0.383 e. The van der Waals surface area contributed by atoms with E-state index < -0.39 is 30.0 Å². The highest BCUT2D eigenvalue weighted by atomic mass is 35.5. The Morgan fingerprint density at radius 1 is 0.792 bits per heavy atom. The molecule has 5 N–H and O–H groups in total. The first kappa shape index (κ1) is 39.7. The van der Waals surface area contributed by atoms with Gasteiger partial charge in [0.25, 0.3) is 0 Å². The van der Waals surface area contributed by atoms with Crippen LogP contribution >= 0.6 is 24.8 Å². The third-order valence-corrected chi connectivity index (χ3v) is 10.6. The Hall–Kier alpha value is -4.54. The highest BCUT2D eigenvalue weighted by Gasteiger charge is 2.42. The Morgan fingerprint density at radius 2 is 1.40 bits per heavy atom. The Morgan fingerprint density at radius 3 is 1.96 bits per heavy atom. The third-order valence-electron chi connectivity index (χ3n) is 10.6. The molecule has 1 aliphatic carbocycles. The molecule has 7 rings (SSSR count). The van der Waals surface area contributed by atoms with Gasteiger partial charge in [0.15, 0.2) is 0 Å². The van der Waals surface area contributed by atoms with Crippen LogP contribution in [-0.4, -0.2) is 53.8 Å². The molecule has 0 spiro atoms. The number of benzene rings is 4. The molecule has 1 saturated carbocycles. The second kappa shape index (κ2) is 18.5. The molecule has 0 bridgehead atoms. The summed E-state index contributed by atoms with van der Waals surface area (Å²) in [4.78, 5) is 46.3. The molecule has 53 heavy (non-hydrogen) atoms. The molecule has 278 valence electrons. The minimum absolute atomic E-state index is 0. The van der Waals surface area contributed by atoms with E-state index >= 15 is 4.79 Å². The number of aliphatic hydroxyl groups excluding tert-OH is 1. The number of nitrogens with one attached hydrogen (secondary N) is 2. The van der Waals surface area contributed by atoms with Crippen molar-refractivity contribution < 1.29 is 14.7 Å². The Balaban J connectivity index is 0.00000271. The number of nitrogens with two attached hydrogens (primary N) is 1. The van der Waals surface area contributed by atoms with Gasteiger partial charge in [0.1, 0.15) is 11.9 Å². The fourth-order valence-corrected chi connectivity index (χ4v) is 8.01. The van der Waals surface area contributed by atoms with Crippen molar-refractivity contribution in [1.82, 2.24) is 24.8 Å². The summed E-state index contributed by atoms with van der Waals surface area (Å²) in [5.41, 5.74) is 9.36. The first-order valence-corrected chi connectivity index (χ1v) is 18.2. The standard InChI is InChI=1S/C42H46N6O3.2ClH/c43-37(25-34-26-44-27-47-34)42(51)48(38(22-28-10-2-1-3-11-28)39(49)40-45-20-21-46-40)41(50)33(23-31-16-8-14-29-12-4-6-18-35(29)31)24-32-17-9-15-30-13-5-7-19-36(30)32;;/h4-9,12-21,26-28,33,37-39,49H,1-3,10-11,22-25,43H2,(H,44,47)(H,45,46);2*1H/t37-,38-,39+;;/m0../s1. The molecule has 1 aliphatic rings. The van der Waals surface area contributed by atoms with Crippen LogP contribution in [0.25, 0.3) is 21.5 Å². The zero-order chi connectivity index (χ0) is 35.2. The van der Waals surface area contributed by atoms with E-state index in [1.54, 1.807) is 24.9 Å². The number of carbonyl (C=O) groups is 2. The summed E-state index contributed by atoms with van der Waals surface area (Å²) in [6, 6.07) is 26.8. The number of H-pyrrole nitrogens is 2. The lowest BCUT2D eigenvalue weighted by Crippen LogP contribution is -2.56. The number of carbonyl (C=O) groups excluding carboxylic acids is 2. The Bertz CT molecular complexity index is 1970. The lowest BCUT2D eigenvalue weighted by Gasteiger charge is -2.39. The smallest absolute Gasteiger partial charge is 0.246 e. The molecule has 2 amide bonds. The number of hydrogen-bond acceptors (Lipinski definition) is 6. The quantitative estimate of drug-likeness (QED) is 0.0954. The van der Waals surface area contributed by atoms with Crippen molar-refractivity contribution in [3.63, 3.8) is 0 Å². The number of imidazole rings is 2. The van der Waals surface area contributed by atoms with E-state index in [1.165, 1.54) is 4.90 Å². The number of aromatic amines is 2. The van der Waals surface area contributed by atoms with E-state index in [4.69, 9.17) is 5.73 Å². The molecule has 9 nitrogen and oxygen atoms in total. The number of hydrogen-bond donors (Lipinski definition) is 4. The van der Waals surface area contributed by atoms with Gasteiger partial charge in [-0.15, -0.1) is 24.8 Å². The zero-order valence-corrected chi connectivity index (χ0v) is 31.3. The van der Waals surface area contributed by atoms with Gasteiger partial charge in [-0.2, -0.15) is 0 Å². The number of nitrogens with zero attached hydrogens (tertiary/aromatic N) is 3. The van der Waals surface area contributed by atoms with Gasteiger partial charge >= 0.3 is 0 Å². The molecule has 0 unspecified atom stereocenters. The maximum absolute atomic E-state index is 15.5. The molecule has 1 fully saturated rings. The van der Waals surface area contributed by atoms with Gasteiger partial charge in [0.05, 0.1) is 24.1 Å². The van der Waals surface area contributed by atoms with E-state index in [1.807, 2.05) is 36.4 Å². The first-order chi connectivity index (χ1) is 25.0. The monoisotopic (exact) mass is 754 g/mol. The minimum atomic E-state index is -1.22. The van der Waals surface area contributed by atoms with Crippen molar-refractivity contribution in [3.05, 3.63) is 132 Å². The van der Waals surface area contributed by atoms with Gasteiger partial charge in [0.2, 0.25) is 11.8 Å². The summed E-state index contributed by atoms with van der Waals surface area (Å²) in [7, 11) is 0. The Kier molecular flexibility index (Phi) is 13.8. The molecule has 0 aliphatic heterocycles. The molecule has 2 heterocycles. The molecule has 4 aromatic carbocycles. The van der Waals surface area contributed by atoms with Crippen LogP contribution in [0.4, 0.5) is 0 Å². The highest BCUT2D eigenvalue weighted by Crippen LogP contribution is 2.35. The summed E-state index contributed by atoms with van der Waals surface area (Å²) in [5, 5.41) is 16.4. The van der Waals surface area contributed by atoms with Gasteiger partial charge in [0, 0.05) is 30.9 Å². The van der Waals surface area contributed by atoms with Crippen molar-refractivity contribution in [2.24, 2.45) is 17.6 Å². The van der Waals surface area contributed by atoms with Crippen LogP contribution in [0.2, 0.25) is 0 Å². The van der Waals surface area contributed by atoms with Crippen LogP contribution in [0.5, 0.6) is 0 Å². The SMILES string of the molecule is Cl.Cl.N[C@@H](Cc1c[nH]cn1)C(=O)N(C(=O)C(Cc1cccc2ccccc12)Cc1cccc2ccccc12)[C@@H](CC1CCCCC1)[C@@H](O)c1ncc[nH]1. The van der Waals surface area contributed by atoms with Gasteiger partial charge in [-0.25, -0.2) is 9.97 Å². The molecule has 0 radical (unpaired) electrons. The van der Waals surface area contributed by atoms with Gasteiger partial charge in [-0.05, 0) is 57.9 Å². The third kappa shape index (κ3) is 9.16. The fourth-order valence-electron chi connectivity index (χ4n) is 8.01. The topological polar surface area (TPSA) is 141 Å². The maximum Gasteiger partial charge on any atom is 0.246 e. The second-order valence-corrected chi connectivity index (χ2v) is 14.0. The van der Waals surface area contributed by atoms with Crippen LogP contribution in [0.15, 0.2) is 110 Å². The van der Waals surface area contributed by atoms with Crippen molar-refractivity contribution >= 4 is 58.2 Å². The summed E-state index contributed by atoms with van der Waals surface area (Å²) in [5.74, 6) is -0.934. The Labute approximate surface area is 322 Å². The van der Waals surface area contributed by atoms with Crippen molar-refractivity contribution in [2.75, 3.05) is 0 Å². The van der Waals surface area contributed by atoms with E-state index in [-0.39, 0.29) is 43.1 Å². The predicted molar refractivity (Wildman–Crippen MR) is 214 cm³/mol. The number of imide groups is 1.